The lowest BCUT2D eigenvalue weighted by molar-refractivity contribution is 0.102. The molecule has 0 spiro atoms. The third kappa shape index (κ3) is 4.56. The molecular formula is C24H21N3O7. The van der Waals surface area contributed by atoms with Crippen LogP contribution in [-0.2, 0) is 0 Å². The molecule has 4 aromatic rings. The Balaban J connectivity index is 1.52. The number of anilines is 1. The molecule has 0 aliphatic carbocycles. The van der Waals surface area contributed by atoms with Gasteiger partial charge in [0.05, 0.1) is 21.3 Å². The largest absolute Gasteiger partial charge is 0.508 e. The van der Waals surface area contributed by atoms with E-state index >= 15 is 0 Å². The van der Waals surface area contributed by atoms with E-state index in [0.29, 0.717) is 39.6 Å². The van der Waals surface area contributed by atoms with E-state index in [1.54, 1.807) is 36.4 Å². The predicted octanol–water partition coefficient (Wildman–Crippen LogP) is 4.09. The number of ether oxygens (including phenoxy) is 3. The highest BCUT2D eigenvalue weighted by Crippen LogP contribution is 2.38. The Bertz CT molecular complexity index is 1290. The monoisotopic (exact) mass is 463 g/mol. The number of hydrogen-bond acceptors (Lipinski definition) is 9. The minimum atomic E-state index is -0.365. The van der Waals surface area contributed by atoms with Crippen molar-refractivity contribution in [2.45, 2.75) is 0 Å². The smallest absolute Gasteiger partial charge is 0.255 e. The van der Waals surface area contributed by atoms with Crippen LogP contribution in [0.15, 0.2) is 59.0 Å². The first-order valence-electron chi connectivity index (χ1n) is 10.0. The standard InChI is InChI=1S/C24H21N3O7/c1-31-19-10-14(11-20(32-2)21(19)33-3)22(30)25-16-6-4-13(5-7-16)23-26-27-24(34-23)15-8-17(28)12-18(29)9-15/h4-12,28-29H,1-3H3,(H,25,30). The van der Waals surface area contributed by atoms with Gasteiger partial charge in [-0.3, -0.25) is 4.79 Å². The average molecular weight is 463 g/mol. The Morgan fingerprint density at radius 2 is 1.35 bits per heavy atom. The van der Waals surface area contributed by atoms with Crippen molar-refractivity contribution in [2.75, 3.05) is 26.6 Å². The normalized spacial score (nSPS) is 10.6. The topological polar surface area (TPSA) is 136 Å². The Morgan fingerprint density at radius 1 is 0.794 bits per heavy atom. The summed E-state index contributed by atoms with van der Waals surface area (Å²) in [6.07, 6.45) is 0. The highest BCUT2D eigenvalue weighted by Gasteiger charge is 2.17. The van der Waals surface area contributed by atoms with Crippen molar-refractivity contribution in [2.24, 2.45) is 0 Å². The number of nitrogens with one attached hydrogen (secondary N) is 1. The second kappa shape index (κ2) is 9.41. The molecule has 0 bridgehead atoms. The van der Waals surface area contributed by atoms with E-state index in [0.717, 1.165) is 0 Å². The second-order valence-corrected chi connectivity index (χ2v) is 7.10. The number of nitrogens with zero attached hydrogens (tertiary/aromatic N) is 2. The highest BCUT2D eigenvalue weighted by atomic mass is 16.5. The lowest BCUT2D eigenvalue weighted by atomic mass is 10.1. The minimum Gasteiger partial charge on any atom is -0.508 e. The summed E-state index contributed by atoms with van der Waals surface area (Å²) >= 11 is 0. The molecule has 3 N–H and O–H groups in total. The number of amides is 1. The van der Waals surface area contributed by atoms with Crippen LogP contribution in [0.25, 0.3) is 22.9 Å². The van der Waals surface area contributed by atoms with Gasteiger partial charge >= 0.3 is 0 Å². The number of phenolic OH excluding ortho intramolecular Hbond substituents is 2. The lowest BCUT2D eigenvalue weighted by Gasteiger charge is -2.14. The number of benzene rings is 3. The molecule has 1 amide bonds. The van der Waals surface area contributed by atoms with Gasteiger partial charge in [0.15, 0.2) is 11.5 Å². The third-order valence-electron chi connectivity index (χ3n) is 4.89. The Hall–Kier alpha value is -4.73. The zero-order valence-electron chi connectivity index (χ0n) is 18.5. The van der Waals surface area contributed by atoms with Crippen molar-refractivity contribution in [3.8, 4) is 51.7 Å². The van der Waals surface area contributed by atoms with E-state index in [1.165, 1.54) is 39.5 Å². The van der Waals surface area contributed by atoms with Crippen molar-refractivity contribution in [1.29, 1.82) is 0 Å². The second-order valence-electron chi connectivity index (χ2n) is 7.10. The Morgan fingerprint density at radius 3 is 1.88 bits per heavy atom. The zero-order chi connectivity index (χ0) is 24.2. The van der Waals surface area contributed by atoms with Gasteiger partial charge in [0.25, 0.3) is 5.91 Å². The molecule has 1 heterocycles. The van der Waals surface area contributed by atoms with Gasteiger partial charge in [-0.15, -0.1) is 10.2 Å². The van der Waals surface area contributed by atoms with Gasteiger partial charge in [-0.2, -0.15) is 0 Å². The number of hydrogen-bond donors (Lipinski definition) is 3. The quantitative estimate of drug-likeness (QED) is 0.370. The summed E-state index contributed by atoms with van der Waals surface area (Å²) < 4.78 is 21.5. The van der Waals surface area contributed by atoms with Gasteiger partial charge in [0.1, 0.15) is 11.5 Å². The van der Waals surface area contributed by atoms with Gasteiger partial charge in [0.2, 0.25) is 17.5 Å². The summed E-state index contributed by atoms with van der Waals surface area (Å²) in [7, 11) is 4.44. The van der Waals surface area contributed by atoms with Crippen molar-refractivity contribution < 1.29 is 33.6 Å². The van der Waals surface area contributed by atoms with Crippen LogP contribution in [0, 0.1) is 0 Å². The first-order chi connectivity index (χ1) is 16.4. The number of phenols is 2. The van der Waals surface area contributed by atoms with Crippen molar-refractivity contribution >= 4 is 11.6 Å². The summed E-state index contributed by atoms with van der Waals surface area (Å²) in [5.74, 6) is 0.899. The maximum Gasteiger partial charge on any atom is 0.255 e. The molecule has 34 heavy (non-hydrogen) atoms. The van der Waals surface area contributed by atoms with Crippen LogP contribution in [0.5, 0.6) is 28.7 Å². The molecule has 10 nitrogen and oxygen atoms in total. The molecule has 0 saturated carbocycles. The van der Waals surface area contributed by atoms with Gasteiger partial charge < -0.3 is 34.2 Å². The molecule has 1 aromatic heterocycles. The van der Waals surface area contributed by atoms with Crippen LogP contribution in [0.4, 0.5) is 5.69 Å². The van der Waals surface area contributed by atoms with Gasteiger partial charge in [-0.1, -0.05) is 0 Å². The Labute approximate surface area is 194 Å². The van der Waals surface area contributed by atoms with Crippen molar-refractivity contribution in [1.82, 2.24) is 10.2 Å². The minimum absolute atomic E-state index is 0.123. The van der Waals surface area contributed by atoms with Gasteiger partial charge in [0, 0.05) is 28.4 Å². The van der Waals surface area contributed by atoms with Gasteiger partial charge in [-0.25, -0.2) is 0 Å². The summed E-state index contributed by atoms with van der Waals surface area (Å²) in [4.78, 5) is 12.8. The number of carbonyl (C=O) groups excluding carboxylic acids is 1. The molecule has 3 aromatic carbocycles. The van der Waals surface area contributed by atoms with E-state index in [9.17, 15) is 15.0 Å². The number of aromatic nitrogens is 2. The van der Waals surface area contributed by atoms with E-state index in [-0.39, 0.29) is 29.2 Å². The molecule has 0 radical (unpaired) electrons. The van der Waals surface area contributed by atoms with Gasteiger partial charge in [-0.05, 0) is 48.5 Å². The van der Waals surface area contributed by atoms with Crippen LogP contribution < -0.4 is 19.5 Å². The third-order valence-corrected chi connectivity index (χ3v) is 4.89. The maximum absolute atomic E-state index is 12.8. The SMILES string of the molecule is COc1cc(C(=O)Nc2ccc(-c3nnc(-c4cc(O)cc(O)c4)o3)cc2)cc(OC)c1OC. The summed E-state index contributed by atoms with van der Waals surface area (Å²) in [5, 5.41) is 30.1. The average Bonchev–Trinajstić information content (AvgIpc) is 3.33. The number of methoxy groups -OCH3 is 3. The molecule has 0 atom stereocenters. The summed E-state index contributed by atoms with van der Waals surface area (Å²) in [5.41, 5.74) is 1.87. The van der Waals surface area contributed by atoms with E-state index in [2.05, 4.69) is 15.5 Å². The fourth-order valence-corrected chi connectivity index (χ4v) is 3.29. The summed E-state index contributed by atoms with van der Waals surface area (Å²) in [6.45, 7) is 0. The van der Waals surface area contributed by atoms with Crippen LogP contribution in [0.1, 0.15) is 10.4 Å². The fraction of sp³-hybridized carbons (Fsp3) is 0.125. The molecule has 4 rings (SSSR count). The maximum atomic E-state index is 12.8. The lowest BCUT2D eigenvalue weighted by Crippen LogP contribution is -2.12. The zero-order valence-corrected chi connectivity index (χ0v) is 18.5. The van der Waals surface area contributed by atoms with Crippen LogP contribution in [0.2, 0.25) is 0 Å². The van der Waals surface area contributed by atoms with Crippen molar-refractivity contribution in [3.05, 3.63) is 60.2 Å². The molecule has 0 saturated heterocycles. The highest BCUT2D eigenvalue weighted by molar-refractivity contribution is 6.05. The van der Waals surface area contributed by atoms with Crippen LogP contribution in [-0.4, -0.2) is 47.6 Å². The molecular weight excluding hydrogens is 442 g/mol. The molecule has 0 unspecified atom stereocenters. The first kappa shape index (κ1) is 22.5. The van der Waals surface area contributed by atoms with E-state index in [4.69, 9.17) is 18.6 Å². The Kier molecular flexibility index (Phi) is 6.22. The number of rotatable bonds is 7. The van der Waals surface area contributed by atoms with E-state index in [1.807, 2.05) is 0 Å². The molecule has 10 heteroatoms. The molecule has 0 aliphatic heterocycles. The molecule has 174 valence electrons. The van der Waals surface area contributed by atoms with Crippen LogP contribution >= 0.6 is 0 Å². The summed E-state index contributed by atoms with van der Waals surface area (Å²) in [6, 6.07) is 13.9. The van der Waals surface area contributed by atoms with Crippen LogP contribution in [0.3, 0.4) is 0 Å². The van der Waals surface area contributed by atoms with E-state index < -0.39 is 0 Å². The fourth-order valence-electron chi connectivity index (χ4n) is 3.29. The molecule has 0 fully saturated rings. The predicted molar refractivity (Wildman–Crippen MR) is 123 cm³/mol. The molecule has 0 aliphatic rings. The number of carbonyl (C=O) groups is 1. The van der Waals surface area contributed by atoms with Crippen molar-refractivity contribution in [3.63, 3.8) is 0 Å². The first-order valence-corrected chi connectivity index (χ1v) is 10.0. The number of aromatic hydroxyl groups is 2.